The van der Waals surface area contributed by atoms with Crippen molar-refractivity contribution < 1.29 is 27.9 Å². The van der Waals surface area contributed by atoms with Crippen LogP contribution in [0.2, 0.25) is 0 Å². The Bertz CT molecular complexity index is 1090. The maximum absolute atomic E-state index is 14.3. The van der Waals surface area contributed by atoms with Crippen LogP contribution in [0.5, 0.6) is 0 Å². The van der Waals surface area contributed by atoms with Gasteiger partial charge in [0.1, 0.15) is 29.8 Å². The van der Waals surface area contributed by atoms with Gasteiger partial charge in [0.05, 0.1) is 12.1 Å². The van der Waals surface area contributed by atoms with Crippen molar-refractivity contribution in [1.82, 2.24) is 4.57 Å². The van der Waals surface area contributed by atoms with Gasteiger partial charge in [0.15, 0.2) is 0 Å². The lowest BCUT2D eigenvalue weighted by atomic mass is 10.0. The number of hydrogen-bond acceptors (Lipinski definition) is 3. The van der Waals surface area contributed by atoms with Gasteiger partial charge in [0, 0.05) is 24.0 Å². The standard InChI is InChI=1S/C23H21F3N2O3/c1-2-9-31-27-22(19-8-7-18(25)11-21(19)26)14-28-12-16(20(13-28)23(29)30)10-15-3-5-17(24)6-4-15/h3-8,11-13H,2,9-10,14H2,1H3,(H,29,30)/b27-22-. The molecule has 0 saturated carbocycles. The van der Waals surface area contributed by atoms with Crippen molar-refractivity contribution in [2.45, 2.75) is 26.3 Å². The number of oxime groups is 1. The molecule has 3 rings (SSSR count). The fraction of sp³-hybridized carbons (Fsp3) is 0.217. The summed E-state index contributed by atoms with van der Waals surface area (Å²) in [5, 5.41) is 13.6. The highest BCUT2D eigenvalue weighted by Crippen LogP contribution is 2.19. The summed E-state index contributed by atoms with van der Waals surface area (Å²) in [5.74, 6) is -3.01. The largest absolute Gasteiger partial charge is 0.478 e. The molecule has 0 saturated heterocycles. The molecule has 1 aromatic heterocycles. The SMILES string of the molecule is CCCO/N=C(/Cn1cc(Cc2ccc(F)cc2)c(C(=O)O)c1)c1ccc(F)cc1F. The molecular formula is C23H21F3N2O3. The summed E-state index contributed by atoms with van der Waals surface area (Å²) >= 11 is 0. The van der Waals surface area contributed by atoms with E-state index in [0.717, 1.165) is 17.7 Å². The van der Waals surface area contributed by atoms with E-state index >= 15 is 0 Å². The number of aromatic nitrogens is 1. The number of hydrogen-bond donors (Lipinski definition) is 1. The summed E-state index contributed by atoms with van der Waals surface area (Å²) in [5.41, 5.74) is 1.56. The van der Waals surface area contributed by atoms with E-state index in [9.17, 15) is 23.1 Å². The van der Waals surface area contributed by atoms with Gasteiger partial charge in [-0.15, -0.1) is 0 Å². The first kappa shape index (κ1) is 22.1. The molecule has 162 valence electrons. The molecule has 0 atom stereocenters. The van der Waals surface area contributed by atoms with Gasteiger partial charge in [-0.1, -0.05) is 24.2 Å². The zero-order valence-corrected chi connectivity index (χ0v) is 16.8. The third kappa shape index (κ3) is 5.75. The van der Waals surface area contributed by atoms with Gasteiger partial charge in [0.25, 0.3) is 0 Å². The van der Waals surface area contributed by atoms with Gasteiger partial charge in [-0.25, -0.2) is 18.0 Å². The lowest BCUT2D eigenvalue weighted by molar-refractivity contribution is 0.0696. The minimum atomic E-state index is -1.12. The summed E-state index contributed by atoms with van der Waals surface area (Å²) in [6, 6.07) is 8.91. The van der Waals surface area contributed by atoms with Gasteiger partial charge in [-0.3, -0.25) is 0 Å². The fourth-order valence-electron chi connectivity index (χ4n) is 3.08. The van der Waals surface area contributed by atoms with E-state index < -0.39 is 17.6 Å². The molecule has 0 unspecified atom stereocenters. The number of carboxylic acids is 1. The Balaban J connectivity index is 1.92. The van der Waals surface area contributed by atoms with E-state index in [1.54, 1.807) is 22.9 Å². The monoisotopic (exact) mass is 430 g/mol. The van der Waals surface area contributed by atoms with Crippen molar-refractivity contribution in [3.8, 4) is 0 Å². The van der Waals surface area contributed by atoms with Crippen molar-refractivity contribution in [3.63, 3.8) is 0 Å². The molecule has 0 aliphatic rings. The van der Waals surface area contributed by atoms with E-state index in [1.807, 2.05) is 6.92 Å². The Labute approximate surface area is 177 Å². The lowest BCUT2D eigenvalue weighted by Gasteiger charge is -2.09. The Morgan fingerprint density at radius 1 is 1.03 bits per heavy atom. The van der Waals surface area contributed by atoms with Crippen molar-refractivity contribution in [2.24, 2.45) is 5.16 Å². The number of nitrogens with zero attached hydrogens (tertiary/aromatic N) is 2. The van der Waals surface area contributed by atoms with Gasteiger partial charge in [0.2, 0.25) is 0 Å². The highest BCUT2D eigenvalue weighted by atomic mass is 19.1. The van der Waals surface area contributed by atoms with Gasteiger partial charge >= 0.3 is 5.97 Å². The first-order valence-corrected chi connectivity index (χ1v) is 9.68. The van der Waals surface area contributed by atoms with Gasteiger partial charge in [-0.2, -0.15) is 0 Å². The first-order chi connectivity index (χ1) is 14.9. The van der Waals surface area contributed by atoms with Crippen LogP contribution in [0.3, 0.4) is 0 Å². The van der Waals surface area contributed by atoms with E-state index in [2.05, 4.69) is 5.16 Å². The smallest absolute Gasteiger partial charge is 0.337 e. The number of rotatable bonds is 9. The van der Waals surface area contributed by atoms with Crippen LogP contribution in [0.1, 0.15) is 40.4 Å². The second-order valence-corrected chi connectivity index (χ2v) is 6.97. The molecule has 3 aromatic rings. The predicted molar refractivity (Wildman–Crippen MR) is 110 cm³/mol. The van der Waals surface area contributed by atoms with Crippen molar-refractivity contribution in [1.29, 1.82) is 0 Å². The van der Waals surface area contributed by atoms with E-state index in [4.69, 9.17) is 4.84 Å². The third-order valence-electron chi connectivity index (χ3n) is 4.55. The molecule has 5 nitrogen and oxygen atoms in total. The van der Waals surface area contributed by atoms with E-state index in [-0.39, 0.29) is 35.6 Å². The normalized spacial score (nSPS) is 11.5. The van der Waals surface area contributed by atoms with E-state index in [1.165, 1.54) is 24.4 Å². The molecule has 0 fully saturated rings. The van der Waals surface area contributed by atoms with Crippen LogP contribution >= 0.6 is 0 Å². The van der Waals surface area contributed by atoms with Gasteiger partial charge in [-0.05, 0) is 48.2 Å². The molecule has 31 heavy (non-hydrogen) atoms. The predicted octanol–water partition coefficient (Wildman–Crippen LogP) is 5.03. The Kier molecular flexibility index (Phi) is 7.12. The van der Waals surface area contributed by atoms with Crippen LogP contribution in [-0.4, -0.2) is 28.0 Å². The highest BCUT2D eigenvalue weighted by molar-refractivity contribution is 6.00. The quantitative estimate of drug-likeness (QED) is 0.294. The van der Waals surface area contributed by atoms with Crippen molar-refractivity contribution in [3.05, 3.63) is 94.6 Å². The molecule has 2 aromatic carbocycles. The van der Waals surface area contributed by atoms with Crippen LogP contribution in [0.4, 0.5) is 13.2 Å². The molecule has 1 heterocycles. The molecule has 8 heteroatoms. The van der Waals surface area contributed by atoms with Crippen molar-refractivity contribution in [2.75, 3.05) is 6.61 Å². The third-order valence-corrected chi connectivity index (χ3v) is 4.55. The molecule has 0 amide bonds. The maximum Gasteiger partial charge on any atom is 0.337 e. The van der Waals surface area contributed by atoms with Crippen LogP contribution in [0, 0.1) is 17.5 Å². The molecule has 0 aliphatic heterocycles. The molecule has 1 N–H and O–H groups in total. The number of carboxylic acid groups (broad SMARTS) is 1. The number of aromatic carboxylic acids is 1. The highest BCUT2D eigenvalue weighted by Gasteiger charge is 2.17. The zero-order valence-electron chi connectivity index (χ0n) is 16.8. The first-order valence-electron chi connectivity index (χ1n) is 9.68. The van der Waals surface area contributed by atoms with E-state index in [0.29, 0.717) is 18.6 Å². The lowest BCUT2D eigenvalue weighted by Crippen LogP contribution is -2.13. The van der Waals surface area contributed by atoms with Crippen molar-refractivity contribution >= 4 is 11.7 Å². The van der Waals surface area contributed by atoms with Crippen LogP contribution in [0.15, 0.2) is 60.0 Å². The number of carbonyl (C=O) groups is 1. The minimum absolute atomic E-state index is 0.00989. The molecule has 0 spiro atoms. The average molecular weight is 430 g/mol. The maximum atomic E-state index is 14.3. The molecular weight excluding hydrogens is 409 g/mol. The minimum Gasteiger partial charge on any atom is -0.478 e. The number of benzene rings is 2. The second kappa shape index (κ2) is 9.97. The Morgan fingerprint density at radius 2 is 1.74 bits per heavy atom. The van der Waals surface area contributed by atoms with Crippen LogP contribution in [0.25, 0.3) is 0 Å². The average Bonchev–Trinajstić information content (AvgIpc) is 3.12. The summed E-state index contributed by atoms with van der Waals surface area (Å²) in [7, 11) is 0. The second-order valence-electron chi connectivity index (χ2n) is 6.97. The Hall–Kier alpha value is -3.55. The fourth-order valence-corrected chi connectivity index (χ4v) is 3.08. The zero-order chi connectivity index (χ0) is 22.4. The topological polar surface area (TPSA) is 63.8 Å². The summed E-state index contributed by atoms with van der Waals surface area (Å²) in [4.78, 5) is 16.9. The Morgan fingerprint density at radius 3 is 2.39 bits per heavy atom. The summed E-state index contributed by atoms with van der Waals surface area (Å²) < 4.78 is 42.4. The van der Waals surface area contributed by atoms with Gasteiger partial charge < -0.3 is 14.5 Å². The number of halogens is 3. The molecule has 0 aliphatic carbocycles. The van der Waals surface area contributed by atoms with Crippen LogP contribution < -0.4 is 0 Å². The molecule has 0 radical (unpaired) electrons. The molecule has 0 bridgehead atoms. The van der Waals surface area contributed by atoms with Crippen LogP contribution in [-0.2, 0) is 17.8 Å². The summed E-state index contributed by atoms with van der Waals surface area (Å²) in [6.45, 7) is 2.21. The summed E-state index contributed by atoms with van der Waals surface area (Å²) in [6.07, 6.45) is 4.00.